The number of halogens is 2. The van der Waals surface area contributed by atoms with E-state index in [0.717, 1.165) is 0 Å². The molecule has 1 aliphatic rings. The Kier molecular flexibility index (Phi) is 2.88. The number of fused-ring (bicyclic) bond motifs is 1. The molecule has 0 bridgehead atoms. The van der Waals surface area contributed by atoms with Crippen molar-refractivity contribution < 1.29 is 14.3 Å². The number of benzene rings is 1. The Morgan fingerprint density at radius 2 is 2.21 bits per heavy atom. The van der Waals surface area contributed by atoms with Crippen LogP contribution in [0.5, 0.6) is 11.5 Å². The van der Waals surface area contributed by atoms with Crippen molar-refractivity contribution in [2.75, 3.05) is 6.79 Å². The SMILES string of the molecule is O=C(Cl)c1ccc2c(c1[Se]Cl)OCO2. The van der Waals surface area contributed by atoms with Crippen molar-refractivity contribution in [2.24, 2.45) is 0 Å². The van der Waals surface area contributed by atoms with Crippen molar-refractivity contribution in [3.8, 4) is 11.5 Å². The van der Waals surface area contributed by atoms with Gasteiger partial charge in [0.2, 0.25) is 0 Å². The van der Waals surface area contributed by atoms with E-state index in [2.05, 4.69) is 0 Å². The van der Waals surface area contributed by atoms with Gasteiger partial charge in [0.25, 0.3) is 0 Å². The normalized spacial score (nSPS) is 13.0. The van der Waals surface area contributed by atoms with Gasteiger partial charge in [0, 0.05) is 0 Å². The molecule has 0 unspecified atom stereocenters. The third kappa shape index (κ3) is 1.59. The van der Waals surface area contributed by atoms with Crippen LogP contribution in [-0.2, 0) is 0 Å². The molecule has 1 aliphatic heterocycles. The minimum atomic E-state index is -0.527. The van der Waals surface area contributed by atoms with Gasteiger partial charge in [-0.15, -0.1) is 0 Å². The Labute approximate surface area is 95.7 Å². The van der Waals surface area contributed by atoms with Crippen molar-refractivity contribution in [1.82, 2.24) is 0 Å². The van der Waals surface area contributed by atoms with Gasteiger partial charge in [-0.25, -0.2) is 0 Å². The molecule has 0 fully saturated rings. The predicted octanol–water partition coefficient (Wildman–Crippen LogP) is 1.28. The van der Waals surface area contributed by atoms with Gasteiger partial charge in [-0.1, -0.05) is 0 Å². The summed E-state index contributed by atoms with van der Waals surface area (Å²) in [4.78, 5) is 11.0. The van der Waals surface area contributed by atoms with E-state index in [-0.39, 0.29) is 20.8 Å². The molecule has 0 aromatic heterocycles. The van der Waals surface area contributed by atoms with Crippen molar-refractivity contribution in [3.63, 3.8) is 0 Å². The van der Waals surface area contributed by atoms with Crippen LogP contribution in [0.1, 0.15) is 10.4 Å². The molecule has 2 rings (SSSR count). The third-order valence-corrected chi connectivity index (χ3v) is 3.96. The van der Waals surface area contributed by atoms with Crippen LogP contribution in [-0.4, -0.2) is 26.1 Å². The number of carbonyl (C=O) groups excluding carboxylic acids is 1. The Morgan fingerprint density at radius 1 is 1.43 bits per heavy atom. The molecule has 3 nitrogen and oxygen atoms in total. The number of carbonyl (C=O) groups is 1. The molecule has 0 aliphatic carbocycles. The molecule has 0 atom stereocenters. The molecule has 1 aromatic rings. The van der Waals surface area contributed by atoms with Crippen LogP contribution in [0.3, 0.4) is 0 Å². The zero-order valence-electron chi connectivity index (χ0n) is 6.75. The fourth-order valence-electron chi connectivity index (χ4n) is 1.18. The molecule has 1 aromatic carbocycles. The average molecular weight is 298 g/mol. The summed E-state index contributed by atoms with van der Waals surface area (Å²) < 4.78 is 11.0. The third-order valence-electron chi connectivity index (χ3n) is 1.78. The average Bonchev–Trinajstić information content (AvgIpc) is 2.63. The summed E-state index contributed by atoms with van der Waals surface area (Å²) in [5.41, 5.74) is 0.394. The Morgan fingerprint density at radius 3 is 2.86 bits per heavy atom. The zero-order valence-corrected chi connectivity index (χ0v) is 9.98. The number of hydrogen-bond acceptors (Lipinski definition) is 3. The molecule has 74 valence electrons. The summed E-state index contributed by atoms with van der Waals surface area (Å²) in [6.45, 7) is 0.162. The maximum absolute atomic E-state index is 11.0. The molecule has 6 heteroatoms. The Bertz CT molecular complexity index is 394. The zero-order chi connectivity index (χ0) is 10.1. The molecule has 0 spiro atoms. The summed E-state index contributed by atoms with van der Waals surface area (Å²) in [7, 11) is 5.78. The molecule has 0 amide bonds. The van der Waals surface area contributed by atoms with E-state index < -0.39 is 5.24 Å². The molecule has 0 N–H and O–H groups in total. The van der Waals surface area contributed by atoms with Gasteiger partial charge in [0.1, 0.15) is 0 Å². The number of rotatable bonds is 2. The first-order valence-corrected chi connectivity index (χ1v) is 7.13. The Balaban J connectivity index is 2.59. The van der Waals surface area contributed by atoms with E-state index >= 15 is 0 Å². The van der Waals surface area contributed by atoms with Crippen molar-refractivity contribution in [2.45, 2.75) is 0 Å². The summed E-state index contributed by atoms with van der Waals surface area (Å²) in [6.07, 6.45) is 0. The second kappa shape index (κ2) is 3.99. The van der Waals surface area contributed by atoms with E-state index in [1.165, 1.54) is 0 Å². The monoisotopic (exact) mass is 298 g/mol. The van der Waals surface area contributed by atoms with Crippen LogP contribution in [0.25, 0.3) is 0 Å². The van der Waals surface area contributed by atoms with E-state index in [0.29, 0.717) is 21.5 Å². The fourth-order valence-corrected chi connectivity index (χ4v) is 3.25. The van der Waals surface area contributed by atoms with Gasteiger partial charge in [-0.05, 0) is 0 Å². The standard InChI is InChI=1S/C8H4Cl2O3Se/c9-8(11)4-1-2-5-6(7(4)14-10)13-3-12-5/h1-2H,3H2. The summed E-state index contributed by atoms with van der Waals surface area (Å²) in [6, 6.07) is 3.26. The number of ether oxygens (including phenoxy) is 2. The van der Waals surface area contributed by atoms with Gasteiger partial charge >= 0.3 is 95.7 Å². The fraction of sp³-hybridized carbons (Fsp3) is 0.125. The van der Waals surface area contributed by atoms with Crippen molar-refractivity contribution in [1.29, 1.82) is 0 Å². The molecular weight excluding hydrogens is 294 g/mol. The van der Waals surface area contributed by atoms with Crippen LogP contribution in [0.2, 0.25) is 0 Å². The van der Waals surface area contributed by atoms with E-state index in [1.54, 1.807) is 12.1 Å². The van der Waals surface area contributed by atoms with Crippen LogP contribution < -0.4 is 13.9 Å². The molecule has 0 saturated carbocycles. The second-order valence-corrected chi connectivity index (χ2v) is 4.85. The maximum atomic E-state index is 11.0. The van der Waals surface area contributed by atoms with Gasteiger partial charge < -0.3 is 0 Å². The van der Waals surface area contributed by atoms with E-state index in [1.807, 2.05) is 0 Å². The minimum absolute atomic E-state index is 0.162. The first-order valence-electron chi connectivity index (χ1n) is 3.65. The predicted molar refractivity (Wildman–Crippen MR) is 54.0 cm³/mol. The molecule has 0 saturated heterocycles. The molecule has 14 heavy (non-hydrogen) atoms. The summed E-state index contributed by atoms with van der Waals surface area (Å²) in [5.74, 6) is 1.16. The molecule has 1 heterocycles. The summed E-state index contributed by atoms with van der Waals surface area (Å²) >= 11 is 5.03. The number of hydrogen-bond donors (Lipinski definition) is 0. The van der Waals surface area contributed by atoms with Gasteiger partial charge in [0.05, 0.1) is 0 Å². The van der Waals surface area contributed by atoms with Crippen LogP contribution in [0.15, 0.2) is 12.1 Å². The van der Waals surface area contributed by atoms with Crippen LogP contribution in [0.4, 0.5) is 0 Å². The quantitative estimate of drug-likeness (QED) is 0.609. The van der Waals surface area contributed by atoms with Crippen LogP contribution in [0, 0.1) is 0 Å². The first-order chi connectivity index (χ1) is 6.74. The Hall–Kier alpha value is -0.411. The van der Waals surface area contributed by atoms with Gasteiger partial charge in [-0.3, -0.25) is 0 Å². The van der Waals surface area contributed by atoms with Crippen molar-refractivity contribution in [3.05, 3.63) is 17.7 Å². The first kappa shape index (κ1) is 10.1. The van der Waals surface area contributed by atoms with E-state index in [4.69, 9.17) is 31.2 Å². The van der Waals surface area contributed by atoms with E-state index in [9.17, 15) is 4.79 Å². The van der Waals surface area contributed by atoms with Crippen LogP contribution >= 0.6 is 21.7 Å². The topological polar surface area (TPSA) is 35.5 Å². The van der Waals surface area contributed by atoms with Crippen molar-refractivity contribution >= 4 is 45.4 Å². The second-order valence-electron chi connectivity index (χ2n) is 2.53. The summed E-state index contributed by atoms with van der Waals surface area (Å²) in [5, 5.41) is -0.527. The van der Waals surface area contributed by atoms with Gasteiger partial charge in [0.15, 0.2) is 0 Å². The van der Waals surface area contributed by atoms with Gasteiger partial charge in [-0.2, -0.15) is 0 Å². The molecule has 0 radical (unpaired) electrons. The molecular formula is C8H4Cl2O3Se.